The Labute approximate surface area is 100 Å². The van der Waals surface area contributed by atoms with Crippen molar-refractivity contribution in [2.45, 2.75) is 25.7 Å². The Bertz CT molecular complexity index is 493. The molecule has 3 heteroatoms. The first-order valence-electron chi connectivity index (χ1n) is 6.22. The summed E-state index contributed by atoms with van der Waals surface area (Å²) in [6.45, 7) is 0. The van der Waals surface area contributed by atoms with Crippen molar-refractivity contribution in [2.75, 3.05) is 0 Å². The topological polar surface area (TPSA) is 45.8 Å². The number of fused-ring (bicyclic) bond motifs is 1. The van der Waals surface area contributed by atoms with Crippen molar-refractivity contribution in [2.24, 2.45) is 11.8 Å². The first kappa shape index (κ1) is 10.5. The van der Waals surface area contributed by atoms with Gasteiger partial charge in [0, 0.05) is 12.8 Å². The van der Waals surface area contributed by atoms with Crippen LogP contribution in [0.15, 0.2) is 24.3 Å². The summed E-state index contributed by atoms with van der Waals surface area (Å²) in [4.78, 5) is 18.3. The third-order valence-electron chi connectivity index (χ3n) is 3.68. The van der Waals surface area contributed by atoms with Crippen molar-refractivity contribution in [3.05, 3.63) is 30.1 Å². The summed E-state index contributed by atoms with van der Waals surface area (Å²) in [5.41, 5.74) is 2.16. The van der Waals surface area contributed by atoms with E-state index in [1.54, 1.807) is 0 Å². The second-order valence-corrected chi connectivity index (χ2v) is 5.01. The van der Waals surface area contributed by atoms with Gasteiger partial charge in [0.05, 0.1) is 11.0 Å². The molecule has 3 rings (SSSR count). The number of aldehydes is 1. The molecule has 3 nitrogen and oxygen atoms in total. The highest BCUT2D eigenvalue weighted by molar-refractivity contribution is 5.74. The molecular weight excluding hydrogens is 212 g/mol. The summed E-state index contributed by atoms with van der Waals surface area (Å²) in [5, 5.41) is 0. The number of rotatable bonds is 4. The normalized spacial score (nSPS) is 23.5. The maximum Gasteiger partial charge on any atom is 0.120 e. The Hall–Kier alpha value is -1.64. The number of imidazole rings is 1. The second-order valence-electron chi connectivity index (χ2n) is 5.01. The summed E-state index contributed by atoms with van der Waals surface area (Å²) >= 11 is 0. The zero-order valence-electron chi connectivity index (χ0n) is 9.73. The van der Waals surface area contributed by atoms with Crippen molar-refractivity contribution in [3.63, 3.8) is 0 Å². The van der Waals surface area contributed by atoms with Crippen LogP contribution in [0.1, 0.15) is 25.1 Å². The first-order chi connectivity index (χ1) is 8.35. The lowest BCUT2D eigenvalue weighted by Gasteiger charge is -2.33. The molecule has 1 N–H and O–H groups in total. The summed E-state index contributed by atoms with van der Waals surface area (Å²) in [5.74, 6) is 2.42. The predicted molar refractivity (Wildman–Crippen MR) is 66.7 cm³/mol. The lowest BCUT2D eigenvalue weighted by atomic mass is 9.72. The van der Waals surface area contributed by atoms with Crippen molar-refractivity contribution in [1.82, 2.24) is 9.97 Å². The van der Waals surface area contributed by atoms with Gasteiger partial charge in [-0.1, -0.05) is 12.1 Å². The molecule has 0 amide bonds. The summed E-state index contributed by atoms with van der Waals surface area (Å²) < 4.78 is 0. The Morgan fingerprint density at radius 3 is 2.88 bits per heavy atom. The fraction of sp³-hybridized carbons (Fsp3) is 0.429. The highest BCUT2D eigenvalue weighted by Crippen LogP contribution is 2.37. The highest BCUT2D eigenvalue weighted by atomic mass is 16.1. The molecule has 88 valence electrons. The average Bonchev–Trinajstić information content (AvgIpc) is 2.68. The van der Waals surface area contributed by atoms with Crippen molar-refractivity contribution in [1.29, 1.82) is 0 Å². The molecule has 2 aromatic rings. The summed E-state index contributed by atoms with van der Waals surface area (Å²) in [6.07, 6.45) is 5.15. The van der Waals surface area contributed by atoms with Crippen LogP contribution in [0, 0.1) is 11.8 Å². The fourth-order valence-corrected chi connectivity index (χ4v) is 2.74. The largest absolute Gasteiger partial charge is 0.342 e. The van der Waals surface area contributed by atoms with Gasteiger partial charge in [-0.2, -0.15) is 0 Å². The van der Waals surface area contributed by atoms with Crippen LogP contribution in [0.3, 0.4) is 0 Å². The van der Waals surface area contributed by atoms with Crippen molar-refractivity contribution >= 4 is 17.3 Å². The zero-order chi connectivity index (χ0) is 11.7. The molecule has 1 aromatic carbocycles. The van der Waals surface area contributed by atoms with Crippen LogP contribution in [-0.4, -0.2) is 16.3 Å². The molecule has 0 saturated heterocycles. The maximum atomic E-state index is 10.4. The number of aromatic amines is 1. The molecule has 17 heavy (non-hydrogen) atoms. The molecule has 1 heterocycles. The molecule has 0 aliphatic heterocycles. The van der Waals surface area contributed by atoms with E-state index in [1.807, 2.05) is 18.2 Å². The van der Waals surface area contributed by atoms with E-state index in [1.165, 1.54) is 12.8 Å². The minimum absolute atomic E-state index is 0.627. The lowest BCUT2D eigenvalue weighted by molar-refractivity contribution is -0.109. The number of hydrogen-bond acceptors (Lipinski definition) is 2. The van der Waals surface area contributed by atoms with Crippen LogP contribution >= 0.6 is 0 Å². The van der Waals surface area contributed by atoms with E-state index in [0.717, 1.165) is 36.0 Å². The number of hydrogen-bond donors (Lipinski definition) is 1. The van der Waals surface area contributed by atoms with Crippen molar-refractivity contribution in [3.8, 4) is 0 Å². The Morgan fingerprint density at radius 1 is 1.29 bits per heavy atom. The molecule has 1 aliphatic rings. The number of carbonyl (C=O) groups is 1. The molecule has 1 fully saturated rings. The molecule has 1 aromatic heterocycles. The average molecular weight is 228 g/mol. The van der Waals surface area contributed by atoms with Crippen LogP contribution < -0.4 is 0 Å². The van der Waals surface area contributed by atoms with Gasteiger partial charge in [-0.05, 0) is 36.8 Å². The zero-order valence-corrected chi connectivity index (χ0v) is 9.73. The molecule has 0 bridgehead atoms. The van der Waals surface area contributed by atoms with Gasteiger partial charge < -0.3 is 9.78 Å². The van der Waals surface area contributed by atoms with E-state index >= 15 is 0 Å². The van der Waals surface area contributed by atoms with Crippen molar-refractivity contribution < 1.29 is 4.79 Å². The molecule has 0 spiro atoms. The monoisotopic (exact) mass is 228 g/mol. The molecule has 1 saturated carbocycles. The standard InChI is InChI=1S/C14H16N2O/c17-6-5-10-7-11(8-10)9-14-15-12-3-1-2-4-13(12)16-14/h1-4,6,10-11H,5,7-9H2,(H,15,16). The Balaban J connectivity index is 1.64. The van der Waals surface area contributed by atoms with E-state index in [4.69, 9.17) is 0 Å². The Morgan fingerprint density at radius 2 is 2.12 bits per heavy atom. The van der Waals surface area contributed by atoms with Gasteiger partial charge in [0.15, 0.2) is 0 Å². The van der Waals surface area contributed by atoms with Gasteiger partial charge in [-0.15, -0.1) is 0 Å². The first-order valence-corrected chi connectivity index (χ1v) is 6.22. The van der Waals surface area contributed by atoms with Crippen LogP contribution in [0.25, 0.3) is 11.0 Å². The third kappa shape index (κ3) is 2.09. The SMILES string of the molecule is O=CCC1CC(Cc2nc3ccccc3[nH]2)C1. The van der Waals surface area contributed by atoms with Crippen LogP contribution in [0.4, 0.5) is 0 Å². The van der Waals surface area contributed by atoms with Gasteiger partial charge >= 0.3 is 0 Å². The van der Waals surface area contributed by atoms with E-state index in [2.05, 4.69) is 16.0 Å². The van der Waals surface area contributed by atoms with E-state index in [9.17, 15) is 4.79 Å². The molecule has 0 atom stereocenters. The minimum atomic E-state index is 0.627. The number of benzene rings is 1. The summed E-state index contributed by atoms with van der Waals surface area (Å²) in [6, 6.07) is 8.12. The highest BCUT2D eigenvalue weighted by Gasteiger charge is 2.29. The number of carbonyl (C=O) groups excluding carboxylic acids is 1. The fourth-order valence-electron chi connectivity index (χ4n) is 2.74. The molecule has 0 radical (unpaired) electrons. The molecule has 1 aliphatic carbocycles. The van der Waals surface area contributed by atoms with E-state index in [0.29, 0.717) is 11.8 Å². The predicted octanol–water partition coefficient (Wildman–Crippen LogP) is 2.72. The number of nitrogens with zero attached hydrogens (tertiary/aromatic N) is 1. The number of H-pyrrole nitrogens is 1. The van der Waals surface area contributed by atoms with Gasteiger partial charge in [0.2, 0.25) is 0 Å². The number of nitrogens with one attached hydrogen (secondary N) is 1. The van der Waals surface area contributed by atoms with Gasteiger partial charge in [-0.3, -0.25) is 0 Å². The summed E-state index contributed by atoms with van der Waals surface area (Å²) in [7, 11) is 0. The molecular formula is C14H16N2O. The smallest absolute Gasteiger partial charge is 0.120 e. The Kier molecular flexibility index (Phi) is 2.67. The van der Waals surface area contributed by atoms with E-state index in [-0.39, 0.29) is 0 Å². The third-order valence-corrected chi connectivity index (χ3v) is 3.68. The molecule has 0 unspecified atom stereocenters. The van der Waals surface area contributed by atoms with Crippen LogP contribution in [0.5, 0.6) is 0 Å². The maximum absolute atomic E-state index is 10.4. The van der Waals surface area contributed by atoms with Gasteiger partial charge in [-0.25, -0.2) is 4.98 Å². The minimum Gasteiger partial charge on any atom is -0.342 e. The number of aromatic nitrogens is 2. The lowest BCUT2D eigenvalue weighted by Crippen LogP contribution is -2.26. The quantitative estimate of drug-likeness (QED) is 0.818. The van der Waals surface area contributed by atoms with Gasteiger partial charge in [0.25, 0.3) is 0 Å². The van der Waals surface area contributed by atoms with Gasteiger partial charge in [0.1, 0.15) is 12.1 Å². The number of para-hydroxylation sites is 2. The van der Waals surface area contributed by atoms with Crippen LogP contribution in [0.2, 0.25) is 0 Å². The van der Waals surface area contributed by atoms with E-state index < -0.39 is 0 Å². The second kappa shape index (κ2) is 4.32. The van der Waals surface area contributed by atoms with Crippen LogP contribution in [-0.2, 0) is 11.2 Å².